The summed E-state index contributed by atoms with van der Waals surface area (Å²) in [6, 6.07) is 0. The number of hydrogen-bond donors (Lipinski definition) is 0. The van der Waals surface area contributed by atoms with Crippen LogP contribution in [0.1, 0.15) is 27.7 Å². The van der Waals surface area contributed by atoms with Crippen LogP contribution in [0.15, 0.2) is 0 Å². The Morgan fingerprint density at radius 2 is 1.73 bits per heavy atom. The minimum Gasteiger partial charge on any atom is -0.444 e. The van der Waals surface area contributed by atoms with Crippen molar-refractivity contribution in [3.63, 3.8) is 0 Å². The molecule has 4 heteroatoms. The van der Waals surface area contributed by atoms with Gasteiger partial charge in [-0.1, -0.05) is 6.92 Å². The summed E-state index contributed by atoms with van der Waals surface area (Å²) < 4.78 is 5.23. The van der Waals surface area contributed by atoms with E-state index in [0.717, 1.165) is 13.1 Å². The zero-order valence-corrected chi connectivity index (χ0v) is 10.8. The van der Waals surface area contributed by atoms with Crippen molar-refractivity contribution in [3.05, 3.63) is 0 Å². The van der Waals surface area contributed by atoms with E-state index in [1.54, 1.807) is 11.9 Å². The van der Waals surface area contributed by atoms with E-state index in [1.807, 2.05) is 27.8 Å². The smallest absolute Gasteiger partial charge is 0.410 e. The van der Waals surface area contributed by atoms with Crippen molar-refractivity contribution in [2.75, 3.05) is 33.7 Å². The average Bonchev–Trinajstić information content (AvgIpc) is 2.10. The maximum Gasteiger partial charge on any atom is 0.410 e. The minimum atomic E-state index is -0.415. The van der Waals surface area contributed by atoms with E-state index in [0.29, 0.717) is 6.54 Å². The van der Waals surface area contributed by atoms with Crippen molar-refractivity contribution in [2.45, 2.75) is 33.3 Å². The van der Waals surface area contributed by atoms with E-state index in [2.05, 4.69) is 11.8 Å². The fourth-order valence-corrected chi connectivity index (χ4v) is 0.910. The summed E-state index contributed by atoms with van der Waals surface area (Å²) in [5, 5.41) is 0. The molecule has 0 fully saturated rings. The Hall–Kier alpha value is -0.770. The van der Waals surface area contributed by atoms with Crippen LogP contribution in [-0.4, -0.2) is 55.2 Å². The second kappa shape index (κ2) is 5.95. The molecule has 0 radical (unpaired) electrons. The van der Waals surface area contributed by atoms with Gasteiger partial charge < -0.3 is 14.5 Å². The highest BCUT2D eigenvalue weighted by atomic mass is 16.6. The van der Waals surface area contributed by atoms with E-state index in [9.17, 15) is 4.79 Å². The van der Waals surface area contributed by atoms with Gasteiger partial charge in [0.15, 0.2) is 0 Å². The Morgan fingerprint density at radius 3 is 2.13 bits per heavy atom. The van der Waals surface area contributed by atoms with Crippen LogP contribution in [0.4, 0.5) is 4.79 Å². The molecule has 90 valence electrons. The summed E-state index contributed by atoms with van der Waals surface area (Å²) in [6.45, 7) is 10.3. The maximum absolute atomic E-state index is 11.5. The Balaban J connectivity index is 3.90. The number of amides is 1. The molecule has 0 saturated carbocycles. The first-order chi connectivity index (χ1) is 6.76. The van der Waals surface area contributed by atoms with Gasteiger partial charge in [-0.15, -0.1) is 0 Å². The number of likely N-dealkylation sites (N-methyl/N-ethyl adjacent to an activating group) is 2. The first-order valence-electron chi connectivity index (χ1n) is 5.39. The Morgan fingerprint density at radius 1 is 1.20 bits per heavy atom. The number of nitrogens with zero attached hydrogens (tertiary/aromatic N) is 2. The third-order valence-corrected chi connectivity index (χ3v) is 2.06. The predicted octanol–water partition coefficient (Wildman–Crippen LogP) is 1.80. The molecule has 4 nitrogen and oxygen atoms in total. The lowest BCUT2D eigenvalue weighted by Crippen LogP contribution is -2.38. The Bertz CT molecular complexity index is 199. The molecule has 0 aromatic rings. The van der Waals surface area contributed by atoms with Crippen molar-refractivity contribution in [1.29, 1.82) is 0 Å². The van der Waals surface area contributed by atoms with Crippen molar-refractivity contribution in [3.8, 4) is 0 Å². The molecule has 0 bridgehead atoms. The lowest BCUT2D eigenvalue weighted by atomic mass is 10.2. The number of ether oxygens (including phenoxy) is 1. The van der Waals surface area contributed by atoms with Crippen LogP contribution >= 0.6 is 0 Å². The maximum atomic E-state index is 11.5. The molecule has 0 saturated heterocycles. The van der Waals surface area contributed by atoms with Gasteiger partial charge in [-0.05, 0) is 34.4 Å². The van der Waals surface area contributed by atoms with Gasteiger partial charge in [-0.3, -0.25) is 0 Å². The largest absolute Gasteiger partial charge is 0.444 e. The van der Waals surface area contributed by atoms with Crippen LogP contribution in [-0.2, 0) is 4.74 Å². The van der Waals surface area contributed by atoms with Crippen LogP contribution in [0.5, 0.6) is 0 Å². The fourth-order valence-electron chi connectivity index (χ4n) is 0.910. The molecule has 0 heterocycles. The summed E-state index contributed by atoms with van der Waals surface area (Å²) in [5.74, 6) is 0. The van der Waals surface area contributed by atoms with E-state index in [-0.39, 0.29) is 6.09 Å². The summed E-state index contributed by atoms with van der Waals surface area (Å²) in [5.41, 5.74) is -0.415. The molecule has 0 N–H and O–H groups in total. The van der Waals surface area contributed by atoms with Gasteiger partial charge in [-0.25, -0.2) is 4.79 Å². The quantitative estimate of drug-likeness (QED) is 0.718. The fraction of sp³-hybridized carbons (Fsp3) is 0.909. The van der Waals surface area contributed by atoms with Gasteiger partial charge in [0.25, 0.3) is 0 Å². The monoisotopic (exact) mass is 216 g/mol. The van der Waals surface area contributed by atoms with Crippen LogP contribution in [0, 0.1) is 0 Å². The second-order valence-corrected chi connectivity index (χ2v) is 4.80. The molecule has 0 atom stereocenters. The van der Waals surface area contributed by atoms with Crippen LogP contribution in [0.25, 0.3) is 0 Å². The SMILES string of the molecule is CCN(C)CCN(C)C(=O)OC(C)(C)C. The van der Waals surface area contributed by atoms with Crippen molar-refractivity contribution < 1.29 is 9.53 Å². The number of rotatable bonds is 4. The molecule has 1 amide bonds. The summed E-state index contributed by atoms with van der Waals surface area (Å²) >= 11 is 0. The Kier molecular flexibility index (Phi) is 5.65. The molecular formula is C11H24N2O2. The van der Waals surface area contributed by atoms with Crippen LogP contribution in [0.2, 0.25) is 0 Å². The molecule has 0 aliphatic rings. The molecule has 0 spiro atoms. The van der Waals surface area contributed by atoms with Gasteiger partial charge in [-0.2, -0.15) is 0 Å². The van der Waals surface area contributed by atoms with Crippen molar-refractivity contribution in [1.82, 2.24) is 9.80 Å². The molecule has 0 unspecified atom stereocenters. The highest BCUT2D eigenvalue weighted by Gasteiger charge is 2.19. The molecule has 0 aliphatic heterocycles. The average molecular weight is 216 g/mol. The minimum absolute atomic E-state index is 0.257. The molecule has 0 aromatic carbocycles. The summed E-state index contributed by atoms with van der Waals surface area (Å²) in [6.07, 6.45) is -0.257. The number of carbonyl (C=O) groups excluding carboxylic acids is 1. The zero-order chi connectivity index (χ0) is 12.1. The van der Waals surface area contributed by atoms with Crippen molar-refractivity contribution >= 4 is 6.09 Å². The third-order valence-electron chi connectivity index (χ3n) is 2.06. The van der Waals surface area contributed by atoms with Gasteiger partial charge in [0.2, 0.25) is 0 Å². The topological polar surface area (TPSA) is 32.8 Å². The van der Waals surface area contributed by atoms with Gasteiger partial charge in [0.05, 0.1) is 0 Å². The van der Waals surface area contributed by atoms with Crippen LogP contribution < -0.4 is 0 Å². The summed E-state index contributed by atoms with van der Waals surface area (Å²) in [4.78, 5) is 15.3. The molecule has 0 aliphatic carbocycles. The first kappa shape index (κ1) is 14.2. The standard InChI is InChI=1S/C11H24N2O2/c1-7-12(5)8-9-13(6)10(14)15-11(2,3)4/h7-9H2,1-6H3. The van der Waals surface area contributed by atoms with Gasteiger partial charge in [0.1, 0.15) is 5.60 Å². The number of carbonyl (C=O) groups is 1. The molecular weight excluding hydrogens is 192 g/mol. The van der Waals surface area contributed by atoms with E-state index >= 15 is 0 Å². The molecule has 0 aromatic heterocycles. The normalized spacial score (nSPS) is 11.7. The van der Waals surface area contributed by atoms with Crippen molar-refractivity contribution in [2.24, 2.45) is 0 Å². The van der Waals surface area contributed by atoms with E-state index in [4.69, 9.17) is 4.74 Å². The highest BCUT2D eigenvalue weighted by Crippen LogP contribution is 2.08. The predicted molar refractivity (Wildman–Crippen MR) is 62.0 cm³/mol. The highest BCUT2D eigenvalue weighted by molar-refractivity contribution is 5.67. The lowest BCUT2D eigenvalue weighted by molar-refractivity contribution is 0.0288. The van der Waals surface area contributed by atoms with Gasteiger partial charge >= 0.3 is 6.09 Å². The van der Waals surface area contributed by atoms with Crippen LogP contribution in [0.3, 0.4) is 0 Å². The molecule has 15 heavy (non-hydrogen) atoms. The third kappa shape index (κ3) is 7.19. The number of hydrogen-bond acceptors (Lipinski definition) is 3. The first-order valence-corrected chi connectivity index (χ1v) is 5.39. The Labute approximate surface area is 93.2 Å². The zero-order valence-electron chi connectivity index (χ0n) is 10.8. The second-order valence-electron chi connectivity index (χ2n) is 4.80. The van der Waals surface area contributed by atoms with Gasteiger partial charge in [0, 0.05) is 20.1 Å². The lowest BCUT2D eigenvalue weighted by Gasteiger charge is -2.25. The summed E-state index contributed by atoms with van der Waals surface area (Å²) in [7, 11) is 3.79. The van der Waals surface area contributed by atoms with E-state index < -0.39 is 5.60 Å². The van der Waals surface area contributed by atoms with E-state index in [1.165, 1.54) is 0 Å². The molecule has 0 rings (SSSR count).